The first-order chi connectivity index (χ1) is 9.15. The molecule has 0 spiro atoms. The van der Waals surface area contributed by atoms with Crippen molar-refractivity contribution in [1.82, 2.24) is 5.32 Å². The lowest BCUT2D eigenvalue weighted by molar-refractivity contribution is 0.301. The third-order valence-corrected chi connectivity index (χ3v) is 3.07. The average Bonchev–Trinajstić information content (AvgIpc) is 2.83. The number of benzene rings is 1. The normalized spacial score (nSPS) is 12.4. The lowest BCUT2D eigenvalue weighted by Gasteiger charge is -2.12. The average molecular weight is 280 g/mol. The van der Waals surface area contributed by atoms with Crippen molar-refractivity contribution in [2.75, 3.05) is 13.2 Å². The zero-order valence-corrected chi connectivity index (χ0v) is 11.9. The number of hydrogen-bond donors (Lipinski definition) is 1. The monoisotopic (exact) mass is 279 g/mol. The molecule has 0 radical (unpaired) electrons. The number of rotatable bonds is 6. The van der Waals surface area contributed by atoms with Crippen molar-refractivity contribution in [3.63, 3.8) is 0 Å². The van der Waals surface area contributed by atoms with Crippen molar-refractivity contribution >= 4 is 11.6 Å². The highest BCUT2D eigenvalue weighted by atomic mass is 35.5. The molecule has 1 N–H and O–H groups in total. The van der Waals surface area contributed by atoms with Gasteiger partial charge in [-0.25, -0.2) is 0 Å². The SMILES string of the molecule is Cc1ccc(C(C)NCCOc2ccc(Cl)cc2)o1. The lowest BCUT2D eigenvalue weighted by atomic mass is 10.2. The van der Waals surface area contributed by atoms with Crippen LogP contribution in [0.2, 0.25) is 5.02 Å². The van der Waals surface area contributed by atoms with Crippen LogP contribution in [-0.4, -0.2) is 13.2 Å². The predicted molar refractivity (Wildman–Crippen MR) is 76.8 cm³/mol. The molecule has 0 aliphatic heterocycles. The van der Waals surface area contributed by atoms with Gasteiger partial charge in [0, 0.05) is 11.6 Å². The maximum absolute atomic E-state index is 5.81. The number of nitrogens with one attached hydrogen (secondary N) is 1. The second-order valence-corrected chi connectivity index (χ2v) is 4.86. The largest absolute Gasteiger partial charge is 0.492 e. The fourth-order valence-electron chi connectivity index (χ4n) is 1.76. The molecule has 0 amide bonds. The van der Waals surface area contributed by atoms with Gasteiger partial charge in [0.15, 0.2) is 0 Å². The topological polar surface area (TPSA) is 34.4 Å². The van der Waals surface area contributed by atoms with Crippen LogP contribution >= 0.6 is 11.6 Å². The summed E-state index contributed by atoms with van der Waals surface area (Å²) < 4.78 is 11.2. The van der Waals surface area contributed by atoms with Crippen LogP contribution in [0.25, 0.3) is 0 Å². The van der Waals surface area contributed by atoms with Gasteiger partial charge in [0.25, 0.3) is 0 Å². The third kappa shape index (κ3) is 4.30. The van der Waals surface area contributed by atoms with Gasteiger partial charge in [0.2, 0.25) is 0 Å². The first-order valence-electron chi connectivity index (χ1n) is 6.33. The quantitative estimate of drug-likeness (QED) is 0.813. The number of furan rings is 1. The summed E-state index contributed by atoms with van der Waals surface area (Å²) >= 11 is 5.81. The van der Waals surface area contributed by atoms with E-state index in [0.717, 1.165) is 23.8 Å². The molecule has 1 atom stereocenters. The molecule has 1 aromatic carbocycles. The van der Waals surface area contributed by atoms with Gasteiger partial charge in [-0.05, 0) is 50.2 Å². The molecule has 2 aromatic rings. The van der Waals surface area contributed by atoms with Crippen molar-refractivity contribution in [1.29, 1.82) is 0 Å². The lowest BCUT2D eigenvalue weighted by Crippen LogP contribution is -2.24. The fourth-order valence-corrected chi connectivity index (χ4v) is 1.89. The van der Waals surface area contributed by atoms with Crippen LogP contribution in [0.4, 0.5) is 0 Å². The van der Waals surface area contributed by atoms with E-state index in [1.165, 1.54) is 0 Å². The molecular formula is C15H18ClNO2. The first-order valence-corrected chi connectivity index (χ1v) is 6.71. The molecule has 2 rings (SSSR count). The minimum atomic E-state index is 0.183. The van der Waals surface area contributed by atoms with Crippen molar-refractivity contribution in [3.05, 3.63) is 52.9 Å². The molecule has 4 heteroatoms. The second kappa shape index (κ2) is 6.64. The van der Waals surface area contributed by atoms with Gasteiger partial charge >= 0.3 is 0 Å². The van der Waals surface area contributed by atoms with E-state index in [1.54, 1.807) is 0 Å². The van der Waals surface area contributed by atoms with E-state index in [4.69, 9.17) is 20.8 Å². The molecule has 0 aliphatic rings. The molecule has 0 saturated carbocycles. The van der Waals surface area contributed by atoms with Crippen LogP contribution in [0.1, 0.15) is 24.5 Å². The highest BCUT2D eigenvalue weighted by Gasteiger charge is 2.08. The molecule has 3 nitrogen and oxygen atoms in total. The Morgan fingerprint density at radius 1 is 1.21 bits per heavy atom. The molecular weight excluding hydrogens is 262 g/mol. The summed E-state index contributed by atoms with van der Waals surface area (Å²) in [5.74, 6) is 2.71. The van der Waals surface area contributed by atoms with Crippen LogP contribution in [0.5, 0.6) is 5.75 Å². The summed E-state index contributed by atoms with van der Waals surface area (Å²) in [6, 6.07) is 11.5. The summed E-state index contributed by atoms with van der Waals surface area (Å²) in [6.07, 6.45) is 0. The van der Waals surface area contributed by atoms with Crippen LogP contribution < -0.4 is 10.1 Å². The highest BCUT2D eigenvalue weighted by Crippen LogP contribution is 2.16. The molecule has 0 aliphatic carbocycles. The van der Waals surface area contributed by atoms with Crippen molar-refractivity contribution < 1.29 is 9.15 Å². The van der Waals surface area contributed by atoms with Gasteiger partial charge in [-0.15, -0.1) is 0 Å². The Kier molecular flexibility index (Phi) is 4.88. The summed E-state index contributed by atoms with van der Waals surface area (Å²) in [6.45, 7) is 5.37. The number of hydrogen-bond acceptors (Lipinski definition) is 3. The second-order valence-electron chi connectivity index (χ2n) is 4.43. The third-order valence-electron chi connectivity index (χ3n) is 2.82. The first kappa shape index (κ1) is 14.0. The van der Waals surface area contributed by atoms with E-state index in [0.29, 0.717) is 11.6 Å². The molecule has 0 fully saturated rings. The fraction of sp³-hybridized carbons (Fsp3) is 0.333. The Bertz CT molecular complexity index is 507. The van der Waals surface area contributed by atoms with E-state index in [2.05, 4.69) is 12.2 Å². The van der Waals surface area contributed by atoms with E-state index in [9.17, 15) is 0 Å². The molecule has 1 unspecified atom stereocenters. The van der Waals surface area contributed by atoms with Crippen molar-refractivity contribution in [3.8, 4) is 5.75 Å². The predicted octanol–water partition coefficient (Wildman–Crippen LogP) is 3.97. The highest BCUT2D eigenvalue weighted by molar-refractivity contribution is 6.30. The zero-order valence-electron chi connectivity index (χ0n) is 11.2. The smallest absolute Gasteiger partial charge is 0.120 e. The van der Waals surface area contributed by atoms with Crippen molar-refractivity contribution in [2.45, 2.75) is 19.9 Å². The van der Waals surface area contributed by atoms with Crippen LogP contribution in [0.3, 0.4) is 0 Å². The van der Waals surface area contributed by atoms with Gasteiger partial charge in [-0.2, -0.15) is 0 Å². The maximum atomic E-state index is 5.81. The molecule has 102 valence electrons. The zero-order chi connectivity index (χ0) is 13.7. The molecule has 1 aromatic heterocycles. The van der Waals surface area contributed by atoms with Gasteiger partial charge in [-0.3, -0.25) is 0 Å². The van der Waals surface area contributed by atoms with Gasteiger partial charge in [0.05, 0.1) is 6.04 Å². The Morgan fingerprint density at radius 2 is 1.95 bits per heavy atom. The summed E-state index contributed by atoms with van der Waals surface area (Å²) in [5.41, 5.74) is 0. The van der Waals surface area contributed by atoms with Gasteiger partial charge in [0.1, 0.15) is 23.9 Å². The minimum Gasteiger partial charge on any atom is -0.492 e. The number of halogens is 1. The molecule has 1 heterocycles. The maximum Gasteiger partial charge on any atom is 0.120 e. The van der Waals surface area contributed by atoms with Crippen LogP contribution in [-0.2, 0) is 0 Å². The van der Waals surface area contributed by atoms with E-state index >= 15 is 0 Å². The number of ether oxygens (including phenoxy) is 1. The molecule has 0 saturated heterocycles. The summed E-state index contributed by atoms with van der Waals surface area (Å²) in [7, 11) is 0. The van der Waals surface area contributed by atoms with E-state index in [1.807, 2.05) is 43.3 Å². The van der Waals surface area contributed by atoms with Crippen molar-refractivity contribution in [2.24, 2.45) is 0 Å². The van der Waals surface area contributed by atoms with E-state index < -0.39 is 0 Å². The van der Waals surface area contributed by atoms with Crippen LogP contribution in [0, 0.1) is 6.92 Å². The van der Waals surface area contributed by atoms with Crippen LogP contribution in [0.15, 0.2) is 40.8 Å². The molecule has 19 heavy (non-hydrogen) atoms. The standard InChI is InChI=1S/C15H18ClNO2/c1-11-3-8-15(19-11)12(2)17-9-10-18-14-6-4-13(16)5-7-14/h3-8,12,17H,9-10H2,1-2H3. The van der Waals surface area contributed by atoms with Gasteiger partial charge < -0.3 is 14.5 Å². The Hall–Kier alpha value is -1.45. The van der Waals surface area contributed by atoms with Gasteiger partial charge in [-0.1, -0.05) is 11.6 Å². The Balaban J connectivity index is 1.70. The number of aryl methyl sites for hydroxylation is 1. The van der Waals surface area contributed by atoms with E-state index in [-0.39, 0.29) is 6.04 Å². The Labute approximate surface area is 118 Å². The Morgan fingerprint density at radius 3 is 2.58 bits per heavy atom. The molecule has 0 bridgehead atoms. The summed E-state index contributed by atoms with van der Waals surface area (Å²) in [4.78, 5) is 0. The summed E-state index contributed by atoms with van der Waals surface area (Å²) in [5, 5.41) is 4.06. The minimum absolute atomic E-state index is 0.183.